The SMILES string of the molecule is C/C=C\C=C/C.CCCCCCC.CCCc1ccccc1C.CCN(CC)S(=O)(=O)c1ccc(C)cc1. The second kappa shape index (κ2) is 25.1. The summed E-state index contributed by atoms with van der Waals surface area (Å²) < 4.78 is 25.5. The fraction of sp³-hybridized carbons (Fsp3) is 0.529. The molecule has 0 N–H and O–H groups in total. The lowest BCUT2D eigenvalue weighted by Crippen LogP contribution is -2.30. The molecule has 0 spiro atoms. The maximum atomic E-state index is 12.0. The van der Waals surface area contributed by atoms with E-state index in [0.717, 1.165) is 5.56 Å². The van der Waals surface area contributed by atoms with Crippen molar-refractivity contribution in [2.75, 3.05) is 13.1 Å². The summed E-state index contributed by atoms with van der Waals surface area (Å²) in [5.41, 5.74) is 3.97. The summed E-state index contributed by atoms with van der Waals surface area (Å²) in [4.78, 5) is 0.372. The normalized spacial score (nSPS) is 10.9. The Labute approximate surface area is 237 Å². The van der Waals surface area contributed by atoms with E-state index in [1.165, 1.54) is 60.4 Å². The Bertz CT molecular complexity index is 942. The van der Waals surface area contributed by atoms with Crippen LogP contribution in [0.5, 0.6) is 0 Å². The summed E-state index contributed by atoms with van der Waals surface area (Å²) in [5, 5.41) is 0. The maximum absolute atomic E-state index is 12.0. The smallest absolute Gasteiger partial charge is 0.207 e. The van der Waals surface area contributed by atoms with Crippen molar-refractivity contribution < 1.29 is 8.42 Å². The highest BCUT2D eigenvalue weighted by Crippen LogP contribution is 2.15. The third-order valence-electron chi connectivity index (χ3n) is 5.85. The minimum absolute atomic E-state index is 0.372. The first-order chi connectivity index (χ1) is 18.2. The van der Waals surface area contributed by atoms with Crippen molar-refractivity contribution in [1.29, 1.82) is 0 Å². The van der Waals surface area contributed by atoms with Gasteiger partial charge in [-0.1, -0.05) is 139 Å². The minimum atomic E-state index is -3.28. The van der Waals surface area contributed by atoms with E-state index >= 15 is 0 Å². The van der Waals surface area contributed by atoms with Gasteiger partial charge in [0.1, 0.15) is 0 Å². The lowest BCUT2D eigenvalue weighted by molar-refractivity contribution is 0.445. The van der Waals surface area contributed by atoms with Gasteiger partial charge in [-0.2, -0.15) is 4.31 Å². The average molecular weight is 544 g/mol. The molecule has 0 unspecified atom stereocenters. The van der Waals surface area contributed by atoms with Crippen LogP contribution in [0.2, 0.25) is 0 Å². The van der Waals surface area contributed by atoms with Crippen molar-refractivity contribution in [3.8, 4) is 0 Å². The highest BCUT2D eigenvalue weighted by molar-refractivity contribution is 7.89. The lowest BCUT2D eigenvalue weighted by atomic mass is 10.1. The van der Waals surface area contributed by atoms with Gasteiger partial charge in [-0.05, 0) is 57.4 Å². The fourth-order valence-corrected chi connectivity index (χ4v) is 4.94. The maximum Gasteiger partial charge on any atom is 0.243 e. The molecule has 0 saturated carbocycles. The van der Waals surface area contributed by atoms with E-state index in [9.17, 15) is 8.42 Å². The largest absolute Gasteiger partial charge is 0.243 e. The Balaban J connectivity index is 0. The van der Waals surface area contributed by atoms with E-state index in [-0.39, 0.29) is 0 Å². The van der Waals surface area contributed by atoms with Gasteiger partial charge in [-0.3, -0.25) is 0 Å². The first-order valence-corrected chi connectivity index (χ1v) is 16.0. The molecule has 0 heterocycles. The van der Waals surface area contributed by atoms with Crippen LogP contribution in [0.15, 0.2) is 77.7 Å². The number of rotatable bonds is 11. The second-order valence-electron chi connectivity index (χ2n) is 9.19. The van der Waals surface area contributed by atoms with Crippen molar-refractivity contribution in [2.24, 2.45) is 0 Å². The molecule has 0 aromatic heterocycles. The van der Waals surface area contributed by atoms with Crippen molar-refractivity contribution in [3.63, 3.8) is 0 Å². The zero-order valence-corrected chi connectivity index (χ0v) is 26.8. The van der Waals surface area contributed by atoms with Gasteiger partial charge in [0.05, 0.1) is 4.90 Å². The first-order valence-electron chi connectivity index (χ1n) is 14.5. The molecule has 0 aliphatic heterocycles. The van der Waals surface area contributed by atoms with Gasteiger partial charge in [0.15, 0.2) is 0 Å². The molecule has 2 rings (SSSR count). The van der Waals surface area contributed by atoms with Crippen molar-refractivity contribution >= 4 is 10.0 Å². The number of sulfonamides is 1. The second-order valence-corrected chi connectivity index (χ2v) is 11.1. The van der Waals surface area contributed by atoms with Gasteiger partial charge in [-0.25, -0.2) is 8.42 Å². The summed E-state index contributed by atoms with van der Waals surface area (Å²) >= 11 is 0. The van der Waals surface area contributed by atoms with E-state index in [4.69, 9.17) is 0 Å². The van der Waals surface area contributed by atoms with Crippen LogP contribution in [0, 0.1) is 13.8 Å². The predicted octanol–water partition coefficient (Wildman–Crippen LogP) is 10.1. The highest BCUT2D eigenvalue weighted by Gasteiger charge is 2.20. The number of nitrogens with zero attached hydrogens (tertiary/aromatic N) is 1. The van der Waals surface area contributed by atoms with E-state index in [1.54, 1.807) is 12.1 Å². The quantitative estimate of drug-likeness (QED) is 0.209. The van der Waals surface area contributed by atoms with Gasteiger partial charge in [-0.15, -0.1) is 0 Å². The Morgan fingerprint density at radius 1 is 0.684 bits per heavy atom. The van der Waals surface area contributed by atoms with Gasteiger partial charge < -0.3 is 0 Å². The molecule has 0 amide bonds. The highest BCUT2D eigenvalue weighted by atomic mass is 32.2. The van der Waals surface area contributed by atoms with Crippen LogP contribution >= 0.6 is 0 Å². The molecule has 0 bridgehead atoms. The van der Waals surface area contributed by atoms with Crippen LogP contribution in [-0.4, -0.2) is 25.8 Å². The zero-order chi connectivity index (χ0) is 29.2. The molecular formula is C34H57NO2S. The van der Waals surface area contributed by atoms with Gasteiger partial charge >= 0.3 is 0 Å². The van der Waals surface area contributed by atoms with E-state index in [2.05, 4.69) is 52.0 Å². The minimum Gasteiger partial charge on any atom is -0.207 e. The zero-order valence-electron chi connectivity index (χ0n) is 26.0. The lowest BCUT2D eigenvalue weighted by Gasteiger charge is -2.18. The van der Waals surface area contributed by atoms with Crippen LogP contribution in [0.4, 0.5) is 0 Å². The van der Waals surface area contributed by atoms with Crippen molar-refractivity contribution in [1.82, 2.24) is 4.31 Å². The molecule has 4 heteroatoms. The molecule has 0 atom stereocenters. The summed E-state index contributed by atoms with van der Waals surface area (Å²) in [7, 11) is -3.28. The topological polar surface area (TPSA) is 37.4 Å². The summed E-state index contributed by atoms with van der Waals surface area (Å²) in [6, 6.07) is 15.5. The number of hydrogen-bond donors (Lipinski definition) is 0. The van der Waals surface area contributed by atoms with Crippen LogP contribution in [-0.2, 0) is 16.4 Å². The van der Waals surface area contributed by atoms with Gasteiger partial charge in [0.2, 0.25) is 10.0 Å². The van der Waals surface area contributed by atoms with E-state index in [0.29, 0.717) is 18.0 Å². The van der Waals surface area contributed by atoms with Crippen LogP contribution in [0.3, 0.4) is 0 Å². The molecule has 2 aromatic rings. The third kappa shape index (κ3) is 18.1. The van der Waals surface area contributed by atoms with Gasteiger partial charge in [0, 0.05) is 13.1 Å². The molecule has 0 aliphatic rings. The van der Waals surface area contributed by atoms with Crippen LogP contribution < -0.4 is 0 Å². The predicted molar refractivity (Wildman–Crippen MR) is 171 cm³/mol. The molecular weight excluding hydrogens is 486 g/mol. The van der Waals surface area contributed by atoms with Gasteiger partial charge in [0.25, 0.3) is 0 Å². The molecule has 3 nitrogen and oxygen atoms in total. The standard InChI is InChI=1S/C11H17NO2S.C10H14.C7H16.C6H10/c1-4-12(5-2)15(13,14)11-8-6-10(3)7-9-11;1-3-6-10-8-5-4-7-9(10)2;1-3-5-7-6-4-2;1-3-5-6-4-2/h6-9H,4-5H2,1-3H3;4-5,7-8H,3,6H2,1-2H3;3-7H2,1-2H3;3-6H,1-2H3/b;;;5-3-,6-4-. The Morgan fingerprint density at radius 3 is 1.58 bits per heavy atom. The number of unbranched alkanes of at least 4 members (excludes halogenated alkanes) is 4. The Kier molecular flexibility index (Phi) is 25.1. The van der Waals surface area contributed by atoms with Crippen LogP contribution in [0.25, 0.3) is 0 Å². The van der Waals surface area contributed by atoms with E-state index in [1.807, 2.05) is 71.1 Å². The number of benzene rings is 2. The number of aryl methyl sites for hydroxylation is 3. The van der Waals surface area contributed by atoms with Crippen molar-refractivity contribution in [2.45, 2.75) is 112 Å². The van der Waals surface area contributed by atoms with Crippen molar-refractivity contribution in [3.05, 3.63) is 89.5 Å². The van der Waals surface area contributed by atoms with E-state index < -0.39 is 10.0 Å². The third-order valence-corrected chi connectivity index (χ3v) is 7.91. The molecule has 0 saturated heterocycles. The monoisotopic (exact) mass is 543 g/mol. The molecule has 38 heavy (non-hydrogen) atoms. The molecule has 0 fully saturated rings. The number of hydrogen-bond acceptors (Lipinski definition) is 2. The van der Waals surface area contributed by atoms with Crippen LogP contribution in [0.1, 0.15) is 104 Å². The summed E-state index contributed by atoms with van der Waals surface area (Å²) in [6.45, 7) is 19.5. The fourth-order valence-electron chi connectivity index (χ4n) is 3.48. The average Bonchev–Trinajstić information content (AvgIpc) is 2.91. The Hall–Kier alpha value is -2.17. The number of allylic oxidation sites excluding steroid dienone is 4. The summed E-state index contributed by atoms with van der Waals surface area (Å²) in [6.07, 6.45) is 17.5. The summed E-state index contributed by atoms with van der Waals surface area (Å²) in [5.74, 6) is 0. The Morgan fingerprint density at radius 2 is 1.18 bits per heavy atom. The first kappa shape index (κ1) is 38.0. The molecule has 2 aromatic carbocycles. The molecule has 0 radical (unpaired) electrons. The molecule has 0 aliphatic carbocycles. The molecule has 216 valence electrons.